The molecule has 0 amide bonds. The van der Waals surface area contributed by atoms with Gasteiger partial charge >= 0.3 is 6.18 Å². The number of morpholine rings is 1. The molecule has 1 N–H and O–H groups in total. The maximum Gasteiger partial charge on any atom is 0.414 e. The standard InChI is InChI=1S/C12H18F3N3O3/c1-2-3-18-4-5-20-8(7-18)11-16-10(21-17-11)6-9(19)12(13,14)15/h8-9,19H,2-7H2,1H3. The fourth-order valence-corrected chi connectivity index (χ4v) is 2.14. The molecule has 2 heterocycles. The third kappa shape index (κ3) is 4.39. The van der Waals surface area contributed by atoms with Crippen LogP contribution in [0.2, 0.25) is 0 Å². The summed E-state index contributed by atoms with van der Waals surface area (Å²) in [6, 6.07) is 0. The molecule has 1 aromatic rings. The van der Waals surface area contributed by atoms with Crippen LogP contribution in [0.4, 0.5) is 13.2 Å². The summed E-state index contributed by atoms with van der Waals surface area (Å²) in [5.74, 6) is -0.0220. The second-order valence-corrected chi connectivity index (χ2v) is 4.97. The van der Waals surface area contributed by atoms with Crippen LogP contribution in [0.1, 0.15) is 31.2 Å². The van der Waals surface area contributed by atoms with Crippen LogP contribution in [0.15, 0.2) is 4.52 Å². The zero-order valence-corrected chi connectivity index (χ0v) is 11.6. The number of aromatic nitrogens is 2. The van der Waals surface area contributed by atoms with Crippen molar-refractivity contribution in [2.24, 2.45) is 0 Å². The summed E-state index contributed by atoms with van der Waals surface area (Å²) in [5, 5.41) is 12.6. The summed E-state index contributed by atoms with van der Waals surface area (Å²) in [6.45, 7) is 4.88. The van der Waals surface area contributed by atoms with E-state index in [2.05, 4.69) is 22.0 Å². The van der Waals surface area contributed by atoms with Gasteiger partial charge in [0.2, 0.25) is 11.7 Å². The van der Waals surface area contributed by atoms with Crippen molar-refractivity contribution in [1.29, 1.82) is 0 Å². The SMILES string of the molecule is CCCN1CCOC(c2noc(CC(O)C(F)(F)F)n2)C1. The van der Waals surface area contributed by atoms with Crippen molar-refractivity contribution in [3.8, 4) is 0 Å². The van der Waals surface area contributed by atoms with Gasteiger partial charge in [-0.15, -0.1) is 0 Å². The Kier molecular flexibility index (Phi) is 5.17. The highest BCUT2D eigenvalue weighted by Crippen LogP contribution is 2.24. The smallest absolute Gasteiger partial charge is 0.383 e. The highest BCUT2D eigenvalue weighted by molar-refractivity contribution is 4.95. The molecule has 0 bridgehead atoms. The molecule has 0 saturated carbocycles. The largest absolute Gasteiger partial charge is 0.414 e. The van der Waals surface area contributed by atoms with E-state index in [0.717, 1.165) is 19.5 Å². The van der Waals surface area contributed by atoms with Gasteiger partial charge in [0.15, 0.2) is 6.10 Å². The van der Waals surface area contributed by atoms with E-state index in [1.807, 2.05) is 0 Å². The van der Waals surface area contributed by atoms with Gasteiger partial charge in [0.05, 0.1) is 13.0 Å². The van der Waals surface area contributed by atoms with Gasteiger partial charge in [0.25, 0.3) is 0 Å². The summed E-state index contributed by atoms with van der Waals surface area (Å²) in [6.07, 6.45) is -7.36. The molecule has 21 heavy (non-hydrogen) atoms. The van der Waals surface area contributed by atoms with Gasteiger partial charge in [-0.05, 0) is 13.0 Å². The number of hydrogen-bond donors (Lipinski definition) is 1. The molecule has 120 valence electrons. The van der Waals surface area contributed by atoms with Gasteiger partial charge in [0, 0.05) is 13.1 Å². The molecule has 1 fully saturated rings. The zero-order valence-electron chi connectivity index (χ0n) is 11.6. The first-order valence-corrected chi connectivity index (χ1v) is 6.81. The van der Waals surface area contributed by atoms with Gasteiger partial charge in [-0.25, -0.2) is 0 Å². The number of ether oxygens (including phenoxy) is 1. The van der Waals surface area contributed by atoms with E-state index in [-0.39, 0.29) is 11.7 Å². The summed E-state index contributed by atoms with van der Waals surface area (Å²) in [7, 11) is 0. The average Bonchev–Trinajstić information content (AvgIpc) is 2.87. The minimum atomic E-state index is -4.70. The van der Waals surface area contributed by atoms with E-state index >= 15 is 0 Å². The highest BCUT2D eigenvalue weighted by atomic mass is 19.4. The van der Waals surface area contributed by atoms with Crippen molar-refractivity contribution in [2.45, 2.75) is 38.1 Å². The molecule has 2 rings (SSSR count). The van der Waals surface area contributed by atoms with Gasteiger partial charge in [-0.3, -0.25) is 4.90 Å². The van der Waals surface area contributed by atoms with Crippen LogP contribution in [0.25, 0.3) is 0 Å². The summed E-state index contributed by atoms with van der Waals surface area (Å²) in [5.41, 5.74) is 0. The molecule has 2 atom stereocenters. The molecule has 0 aromatic carbocycles. The molecule has 0 aliphatic carbocycles. The molecule has 1 aromatic heterocycles. The Morgan fingerprint density at radius 2 is 2.24 bits per heavy atom. The van der Waals surface area contributed by atoms with Gasteiger partial charge in [0.1, 0.15) is 6.10 Å². The summed E-state index contributed by atoms with van der Waals surface area (Å²) in [4.78, 5) is 6.07. The van der Waals surface area contributed by atoms with Crippen LogP contribution in [0.5, 0.6) is 0 Å². The number of alkyl halides is 3. The van der Waals surface area contributed by atoms with Crippen LogP contribution in [0, 0.1) is 0 Å². The molecule has 0 spiro atoms. The maximum atomic E-state index is 12.3. The number of nitrogens with zero attached hydrogens (tertiary/aromatic N) is 3. The molecular formula is C12H18F3N3O3. The van der Waals surface area contributed by atoms with Crippen molar-refractivity contribution < 1.29 is 27.5 Å². The second-order valence-electron chi connectivity index (χ2n) is 4.97. The lowest BCUT2D eigenvalue weighted by Crippen LogP contribution is -2.39. The molecule has 1 aliphatic heterocycles. The first kappa shape index (κ1) is 16.2. The van der Waals surface area contributed by atoms with Crippen LogP contribution >= 0.6 is 0 Å². The predicted octanol–water partition coefficient (Wildman–Crippen LogP) is 1.32. The molecule has 1 aliphatic rings. The van der Waals surface area contributed by atoms with Gasteiger partial charge < -0.3 is 14.4 Å². The fourth-order valence-electron chi connectivity index (χ4n) is 2.14. The van der Waals surface area contributed by atoms with Crippen LogP contribution < -0.4 is 0 Å². The fraction of sp³-hybridized carbons (Fsp3) is 0.833. The van der Waals surface area contributed by atoms with Gasteiger partial charge in [-0.2, -0.15) is 18.2 Å². The van der Waals surface area contributed by atoms with Crippen LogP contribution in [0.3, 0.4) is 0 Å². The van der Waals surface area contributed by atoms with Crippen molar-refractivity contribution in [1.82, 2.24) is 15.0 Å². The van der Waals surface area contributed by atoms with Crippen LogP contribution in [-0.2, 0) is 11.2 Å². The number of aliphatic hydroxyl groups is 1. The zero-order chi connectivity index (χ0) is 15.5. The average molecular weight is 309 g/mol. The van der Waals surface area contributed by atoms with E-state index in [9.17, 15) is 13.2 Å². The predicted molar refractivity (Wildman–Crippen MR) is 65.5 cm³/mol. The Hall–Kier alpha value is -1.19. The lowest BCUT2D eigenvalue weighted by Gasteiger charge is -2.30. The molecule has 6 nitrogen and oxygen atoms in total. The van der Waals surface area contributed by atoms with E-state index in [1.165, 1.54) is 0 Å². The highest BCUT2D eigenvalue weighted by Gasteiger charge is 2.39. The summed E-state index contributed by atoms with van der Waals surface area (Å²) < 4.78 is 47.1. The number of hydrogen-bond acceptors (Lipinski definition) is 6. The van der Waals surface area contributed by atoms with Crippen LogP contribution in [-0.4, -0.2) is 58.7 Å². The van der Waals surface area contributed by atoms with Crippen molar-refractivity contribution in [3.05, 3.63) is 11.7 Å². The Labute approximate surface area is 119 Å². The Bertz CT molecular complexity index is 450. The topological polar surface area (TPSA) is 71.6 Å². The van der Waals surface area contributed by atoms with E-state index in [4.69, 9.17) is 14.4 Å². The third-order valence-electron chi connectivity index (χ3n) is 3.21. The molecule has 0 radical (unpaired) electrons. The lowest BCUT2D eigenvalue weighted by atomic mass is 10.2. The maximum absolute atomic E-state index is 12.3. The molecular weight excluding hydrogens is 291 g/mol. The van der Waals surface area contributed by atoms with Crippen molar-refractivity contribution in [3.63, 3.8) is 0 Å². The first-order valence-electron chi connectivity index (χ1n) is 6.81. The second kappa shape index (κ2) is 6.71. The number of rotatable bonds is 5. The molecule has 9 heteroatoms. The monoisotopic (exact) mass is 309 g/mol. The Balaban J connectivity index is 1.96. The quantitative estimate of drug-likeness (QED) is 0.884. The Morgan fingerprint density at radius 3 is 2.90 bits per heavy atom. The van der Waals surface area contributed by atoms with Crippen molar-refractivity contribution >= 4 is 0 Å². The summed E-state index contributed by atoms with van der Waals surface area (Å²) >= 11 is 0. The number of aliphatic hydroxyl groups excluding tert-OH is 1. The minimum absolute atomic E-state index is 0.222. The lowest BCUT2D eigenvalue weighted by molar-refractivity contribution is -0.204. The van der Waals surface area contributed by atoms with E-state index in [1.54, 1.807) is 0 Å². The van der Waals surface area contributed by atoms with E-state index in [0.29, 0.717) is 13.2 Å². The molecule has 2 unspecified atom stereocenters. The van der Waals surface area contributed by atoms with Gasteiger partial charge in [-0.1, -0.05) is 12.1 Å². The first-order chi connectivity index (χ1) is 9.90. The van der Waals surface area contributed by atoms with Crippen molar-refractivity contribution in [2.75, 3.05) is 26.2 Å². The number of halogens is 3. The minimum Gasteiger partial charge on any atom is -0.383 e. The molecule has 1 saturated heterocycles. The third-order valence-corrected chi connectivity index (χ3v) is 3.21. The van der Waals surface area contributed by atoms with E-state index < -0.39 is 24.8 Å². The normalized spacial score (nSPS) is 22.4. The Morgan fingerprint density at radius 1 is 1.48 bits per heavy atom.